The van der Waals surface area contributed by atoms with Crippen LogP contribution in [-0.4, -0.2) is 15.0 Å². The molecular formula is C22H17N3. The first-order valence-electron chi connectivity index (χ1n) is 8.42. The molecule has 3 heteroatoms. The minimum atomic E-state index is 0.937. The van der Waals surface area contributed by atoms with Crippen LogP contribution in [0.1, 0.15) is 5.82 Å². The maximum Gasteiger partial charge on any atom is 0.104 e. The molecule has 2 N–H and O–H groups in total. The Bertz CT molecular complexity index is 1180. The van der Waals surface area contributed by atoms with E-state index in [1.54, 1.807) is 0 Å². The molecule has 5 aromatic rings. The summed E-state index contributed by atoms with van der Waals surface area (Å²) in [5.74, 6) is 0.937. The van der Waals surface area contributed by atoms with E-state index in [9.17, 15) is 0 Å². The minimum absolute atomic E-state index is 0.937. The number of benzene rings is 3. The Morgan fingerprint density at radius 3 is 2.12 bits per heavy atom. The number of nitrogens with one attached hydrogen (secondary N) is 2. The summed E-state index contributed by atoms with van der Waals surface area (Å²) in [5.41, 5.74) is 7.94. The van der Waals surface area contributed by atoms with Crippen LogP contribution in [0.5, 0.6) is 0 Å². The quantitative estimate of drug-likeness (QED) is 0.431. The van der Waals surface area contributed by atoms with Gasteiger partial charge in [-0.25, -0.2) is 4.98 Å². The third kappa shape index (κ3) is 2.24. The normalized spacial score (nSPS) is 11.4. The highest BCUT2D eigenvalue weighted by molar-refractivity contribution is 6.07. The van der Waals surface area contributed by atoms with Crippen molar-refractivity contribution < 1.29 is 0 Å². The molecule has 0 aliphatic heterocycles. The van der Waals surface area contributed by atoms with Crippen molar-refractivity contribution in [1.82, 2.24) is 15.0 Å². The van der Waals surface area contributed by atoms with Gasteiger partial charge < -0.3 is 9.97 Å². The summed E-state index contributed by atoms with van der Waals surface area (Å²) in [6, 6.07) is 25.4. The summed E-state index contributed by atoms with van der Waals surface area (Å²) in [5, 5.41) is 1.21. The number of imidazole rings is 1. The van der Waals surface area contributed by atoms with Gasteiger partial charge in [-0.05, 0) is 30.2 Å². The molecule has 0 amide bonds. The summed E-state index contributed by atoms with van der Waals surface area (Å²) in [6.45, 7) is 1.99. The van der Waals surface area contributed by atoms with Gasteiger partial charge in [0.25, 0.3) is 0 Å². The van der Waals surface area contributed by atoms with Crippen LogP contribution < -0.4 is 0 Å². The molecule has 25 heavy (non-hydrogen) atoms. The first kappa shape index (κ1) is 14.1. The van der Waals surface area contributed by atoms with E-state index in [2.05, 4.69) is 81.7 Å². The summed E-state index contributed by atoms with van der Waals surface area (Å²) >= 11 is 0. The Morgan fingerprint density at radius 1 is 0.720 bits per heavy atom. The number of aromatic amines is 2. The highest BCUT2D eigenvalue weighted by Crippen LogP contribution is 2.39. The summed E-state index contributed by atoms with van der Waals surface area (Å²) in [7, 11) is 0. The third-order valence-electron chi connectivity index (χ3n) is 4.64. The maximum absolute atomic E-state index is 4.57. The van der Waals surface area contributed by atoms with Crippen LogP contribution in [0, 0.1) is 6.92 Å². The first-order chi connectivity index (χ1) is 12.3. The van der Waals surface area contributed by atoms with Gasteiger partial charge >= 0.3 is 0 Å². The van der Waals surface area contributed by atoms with Crippen molar-refractivity contribution in [3.63, 3.8) is 0 Å². The van der Waals surface area contributed by atoms with E-state index in [0.29, 0.717) is 0 Å². The zero-order valence-corrected chi connectivity index (χ0v) is 13.9. The van der Waals surface area contributed by atoms with Crippen molar-refractivity contribution in [2.24, 2.45) is 0 Å². The minimum Gasteiger partial charge on any atom is -0.354 e. The number of aryl methyl sites for hydroxylation is 1. The Balaban J connectivity index is 1.89. The van der Waals surface area contributed by atoms with Crippen molar-refractivity contribution in [3.8, 4) is 22.4 Å². The molecule has 0 spiro atoms. The van der Waals surface area contributed by atoms with Crippen LogP contribution in [0.2, 0.25) is 0 Å². The van der Waals surface area contributed by atoms with Gasteiger partial charge in [-0.2, -0.15) is 0 Å². The van der Waals surface area contributed by atoms with E-state index >= 15 is 0 Å². The fourth-order valence-electron chi connectivity index (χ4n) is 3.55. The number of hydrogen-bond acceptors (Lipinski definition) is 1. The number of aromatic nitrogens is 3. The standard InChI is InChI=1S/C22H17N3/c1-14-23-19-12-17-18(13-20(19)24-14)25-22(16-10-6-3-7-11-16)21(17)15-8-4-2-5-9-15/h2-13,25H,1H3,(H,23,24). The van der Waals surface area contributed by atoms with Gasteiger partial charge in [0.15, 0.2) is 0 Å². The van der Waals surface area contributed by atoms with Gasteiger partial charge in [-0.3, -0.25) is 0 Å². The van der Waals surface area contributed by atoms with Gasteiger partial charge in [0, 0.05) is 16.5 Å². The average molecular weight is 323 g/mol. The van der Waals surface area contributed by atoms with E-state index in [0.717, 1.165) is 28.1 Å². The molecule has 0 atom stereocenters. The molecule has 2 aromatic heterocycles. The Labute approximate surface area is 145 Å². The summed E-state index contributed by atoms with van der Waals surface area (Å²) in [6.07, 6.45) is 0. The van der Waals surface area contributed by atoms with E-state index in [1.807, 2.05) is 13.0 Å². The van der Waals surface area contributed by atoms with Gasteiger partial charge in [-0.1, -0.05) is 60.7 Å². The zero-order valence-electron chi connectivity index (χ0n) is 13.9. The molecule has 120 valence electrons. The highest BCUT2D eigenvalue weighted by atomic mass is 14.9. The van der Waals surface area contributed by atoms with Crippen molar-refractivity contribution >= 4 is 21.9 Å². The van der Waals surface area contributed by atoms with Gasteiger partial charge in [0.05, 0.1) is 16.7 Å². The summed E-state index contributed by atoms with van der Waals surface area (Å²) < 4.78 is 0. The van der Waals surface area contributed by atoms with Crippen LogP contribution in [0.25, 0.3) is 44.3 Å². The number of hydrogen-bond donors (Lipinski definition) is 2. The highest BCUT2D eigenvalue weighted by Gasteiger charge is 2.16. The zero-order chi connectivity index (χ0) is 16.8. The average Bonchev–Trinajstić information content (AvgIpc) is 3.19. The number of rotatable bonds is 2. The van der Waals surface area contributed by atoms with Gasteiger partial charge in [0.1, 0.15) is 5.82 Å². The molecule has 3 aromatic carbocycles. The molecule has 0 aliphatic carbocycles. The van der Waals surface area contributed by atoms with Crippen LogP contribution >= 0.6 is 0 Å². The Morgan fingerprint density at radius 2 is 1.40 bits per heavy atom. The first-order valence-corrected chi connectivity index (χ1v) is 8.42. The largest absolute Gasteiger partial charge is 0.354 e. The molecule has 2 heterocycles. The van der Waals surface area contributed by atoms with E-state index < -0.39 is 0 Å². The lowest BCUT2D eigenvalue weighted by molar-refractivity contribution is 1.17. The van der Waals surface area contributed by atoms with Crippen LogP contribution in [0.3, 0.4) is 0 Å². The second-order valence-corrected chi connectivity index (χ2v) is 6.34. The number of fused-ring (bicyclic) bond motifs is 2. The molecule has 0 saturated carbocycles. The second-order valence-electron chi connectivity index (χ2n) is 6.34. The predicted molar refractivity (Wildman–Crippen MR) is 104 cm³/mol. The molecule has 0 bridgehead atoms. The lowest BCUT2D eigenvalue weighted by Gasteiger charge is -2.05. The van der Waals surface area contributed by atoms with Crippen molar-refractivity contribution in [2.45, 2.75) is 6.92 Å². The van der Waals surface area contributed by atoms with Crippen LogP contribution in [-0.2, 0) is 0 Å². The summed E-state index contributed by atoms with van der Waals surface area (Å²) in [4.78, 5) is 11.6. The van der Waals surface area contributed by atoms with Crippen molar-refractivity contribution in [2.75, 3.05) is 0 Å². The lowest BCUT2D eigenvalue weighted by atomic mass is 9.98. The monoisotopic (exact) mass is 323 g/mol. The molecule has 0 radical (unpaired) electrons. The third-order valence-corrected chi connectivity index (χ3v) is 4.64. The predicted octanol–water partition coefficient (Wildman–Crippen LogP) is 5.69. The fourth-order valence-corrected chi connectivity index (χ4v) is 3.55. The smallest absolute Gasteiger partial charge is 0.104 e. The fraction of sp³-hybridized carbons (Fsp3) is 0.0455. The number of H-pyrrole nitrogens is 2. The molecule has 0 saturated heterocycles. The van der Waals surface area contributed by atoms with Crippen LogP contribution in [0.15, 0.2) is 72.8 Å². The lowest BCUT2D eigenvalue weighted by Crippen LogP contribution is -1.82. The molecular weight excluding hydrogens is 306 g/mol. The van der Waals surface area contributed by atoms with Crippen LogP contribution in [0.4, 0.5) is 0 Å². The second kappa shape index (κ2) is 5.35. The van der Waals surface area contributed by atoms with E-state index in [-0.39, 0.29) is 0 Å². The molecule has 3 nitrogen and oxygen atoms in total. The molecule has 0 unspecified atom stereocenters. The SMILES string of the molecule is Cc1nc2cc3[nH]c(-c4ccccc4)c(-c4ccccc4)c3cc2[nH]1. The Kier molecular flexibility index (Phi) is 3.01. The van der Waals surface area contributed by atoms with Crippen molar-refractivity contribution in [1.29, 1.82) is 0 Å². The Hall–Kier alpha value is -3.33. The van der Waals surface area contributed by atoms with Gasteiger partial charge in [0.2, 0.25) is 0 Å². The maximum atomic E-state index is 4.57. The topological polar surface area (TPSA) is 44.5 Å². The molecule has 0 fully saturated rings. The van der Waals surface area contributed by atoms with E-state index in [1.165, 1.54) is 22.1 Å². The molecule has 0 aliphatic rings. The van der Waals surface area contributed by atoms with E-state index in [4.69, 9.17) is 0 Å². The number of nitrogens with zero attached hydrogens (tertiary/aromatic N) is 1. The molecule has 5 rings (SSSR count). The van der Waals surface area contributed by atoms with Gasteiger partial charge in [-0.15, -0.1) is 0 Å². The van der Waals surface area contributed by atoms with Crippen molar-refractivity contribution in [3.05, 3.63) is 78.6 Å².